The number of fused-ring (bicyclic) bond motifs is 1. The number of hydrogen-bond donors (Lipinski definition) is 0. The molecule has 1 aliphatic rings. The van der Waals surface area contributed by atoms with Gasteiger partial charge in [0.2, 0.25) is 0 Å². The molecule has 5 rings (SSSR count). The predicted octanol–water partition coefficient (Wildman–Crippen LogP) is 6.51. The van der Waals surface area contributed by atoms with Crippen molar-refractivity contribution in [2.45, 2.75) is 26.5 Å². The number of allylic oxidation sites excluding steroid dienone is 1. The van der Waals surface area contributed by atoms with Crippen molar-refractivity contribution in [2.75, 3.05) is 20.8 Å². The fourth-order valence-corrected chi connectivity index (χ4v) is 8.60. The number of ether oxygens (including phenoxy) is 4. The average Bonchev–Trinajstić information content (AvgIpc) is 3.30. The van der Waals surface area contributed by atoms with Crippen LogP contribution in [0.1, 0.15) is 36.6 Å². The molecule has 3 aromatic carbocycles. The molecule has 0 unspecified atom stereocenters. The molecule has 0 saturated carbocycles. The van der Waals surface area contributed by atoms with E-state index in [1.165, 1.54) is 36.2 Å². The second-order valence-electron chi connectivity index (χ2n) is 9.72. The number of nitrogens with zero attached hydrogens (tertiary/aromatic N) is 2. The van der Waals surface area contributed by atoms with E-state index in [0.29, 0.717) is 47.9 Å². The summed E-state index contributed by atoms with van der Waals surface area (Å²) in [6.07, 6.45) is 1.79. The van der Waals surface area contributed by atoms with Gasteiger partial charge in [-0.2, -0.15) is 0 Å². The first-order valence-electron chi connectivity index (χ1n) is 13.5. The van der Waals surface area contributed by atoms with E-state index in [0.717, 1.165) is 12.7 Å². The van der Waals surface area contributed by atoms with Crippen LogP contribution >= 0.6 is 72.4 Å². The van der Waals surface area contributed by atoms with Crippen LogP contribution in [0.2, 0.25) is 0 Å². The summed E-state index contributed by atoms with van der Waals surface area (Å²) in [4.78, 5) is 32.5. The maximum absolute atomic E-state index is 14.1. The van der Waals surface area contributed by atoms with Gasteiger partial charge in [0.05, 0.1) is 49.8 Å². The first-order chi connectivity index (χ1) is 21.6. The lowest BCUT2D eigenvalue weighted by atomic mass is 9.95. The van der Waals surface area contributed by atoms with Gasteiger partial charge in [0.25, 0.3) is 5.56 Å². The molecule has 0 radical (unpaired) electrons. The van der Waals surface area contributed by atoms with Crippen LogP contribution in [0, 0.1) is 13.0 Å². The van der Waals surface area contributed by atoms with E-state index in [1.807, 2.05) is 12.1 Å². The van der Waals surface area contributed by atoms with Crippen molar-refractivity contribution >= 4 is 84.5 Å². The molecule has 8 nitrogen and oxygen atoms in total. The van der Waals surface area contributed by atoms with Crippen molar-refractivity contribution < 1.29 is 28.1 Å². The van der Waals surface area contributed by atoms with Gasteiger partial charge in [-0.3, -0.25) is 9.36 Å². The molecule has 2 heterocycles. The highest BCUT2D eigenvalue weighted by Gasteiger charge is 2.35. The number of thiazole rings is 1. The van der Waals surface area contributed by atoms with Crippen LogP contribution in [0.3, 0.4) is 0 Å². The Morgan fingerprint density at radius 2 is 1.78 bits per heavy atom. The van der Waals surface area contributed by atoms with E-state index in [-0.39, 0.29) is 30.2 Å². The normalized spacial score (nSPS) is 14.6. The fraction of sp³-hybridized carbons (Fsp3) is 0.219. The van der Waals surface area contributed by atoms with Gasteiger partial charge in [-0.25, -0.2) is 14.2 Å². The minimum atomic E-state index is -0.842. The maximum atomic E-state index is 14.1. The van der Waals surface area contributed by atoms with Gasteiger partial charge in [-0.05, 0) is 107 Å². The molecule has 0 bridgehead atoms. The van der Waals surface area contributed by atoms with Crippen molar-refractivity contribution in [1.29, 1.82) is 0 Å². The highest BCUT2D eigenvalue weighted by molar-refractivity contribution is 14.1. The first-order valence-corrected chi connectivity index (χ1v) is 17.3. The van der Waals surface area contributed by atoms with Crippen molar-refractivity contribution in [3.05, 3.63) is 114 Å². The van der Waals surface area contributed by atoms with Crippen molar-refractivity contribution in [2.24, 2.45) is 4.99 Å². The van der Waals surface area contributed by atoms with Gasteiger partial charge in [-0.15, -0.1) is 0 Å². The van der Waals surface area contributed by atoms with E-state index in [9.17, 15) is 14.0 Å². The lowest BCUT2D eigenvalue weighted by molar-refractivity contribution is -0.139. The Balaban J connectivity index is 1.61. The van der Waals surface area contributed by atoms with Crippen LogP contribution in [-0.4, -0.2) is 31.4 Å². The number of carbonyl (C=O) groups excluding carboxylic acids is 1. The number of carbonyl (C=O) groups is 1. The molecule has 1 aliphatic heterocycles. The van der Waals surface area contributed by atoms with Gasteiger partial charge < -0.3 is 18.9 Å². The SMILES string of the molecule is CCOC(=O)C1=C(C)N=c2s/c(=C\c3cc(I)c(OCc4ccccc4F)c(I)c3)c(=O)n2[C@@H]1c1cc(OC)c(OC)cc1Br. The lowest BCUT2D eigenvalue weighted by Gasteiger charge is -2.26. The zero-order valence-electron chi connectivity index (χ0n) is 24.5. The lowest BCUT2D eigenvalue weighted by Crippen LogP contribution is -2.40. The highest BCUT2D eigenvalue weighted by atomic mass is 127. The molecule has 1 atom stereocenters. The molecule has 234 valence electrons. The predicted molar refractivity (Wildman–Crippen MR) is 190 cm³/mol. The van der Waals surface area contributed by atoms with E-state index in [1.54, 1.807) is 50.3 Å². The van der Waals surface area contributed by atoms with Crippen molar-refractivity contribution in [3.8, 4) is 17.2 Å². The number of methoxy groups -OCH3 is 2. The van der Waals surface area contributed by atoms with Crippen LogP contribution < -0.4 is 29.1 Å². The maximum Gasteiger partial charge on any atom is 0.338 e. The number of rotatable bonds is 9. The smallest absolute Gasteiger partial charge is 0.338 e. The highest BCUT2D eigenvalue weighted by Crippen LogP contribution is 2.41. The van der Waals surface area contributed by atoms with E-state index in [2.05, 4.69) is 66.1 Å². The third kappa shape index (κ3) is 6.86. The van der Waals surface area contributed by atoms with Crippen LogP contribution in [0.5, 0.6) is 17.2 Å². The summed E-state index contributed by atoms with van der Waals surface area (Å²) < 4.78 is 40.7. The molecule has 13 heteroatoms. The van der Waals surface area contributed by atoms with Crippen molar-refractivity contribution in [1.82, 2.24) is 4.57 Å². The average molecular weight is 919 g/mol. The number of hydrogen-bond acceptors (Lipinski definition) is 8. The monoisotopic (exact) mass is 918 g/mol. The molecule has 0 spiro atoms. The molecule has 0 amide bonds. The molecule has 0 N–H and O–H groups in total. The zero-order chi connectivity index (χ0) is 32.4. The Hall–Kier alpha value is -2.76. The Labute approximate surface area is 298 Å². The van der Waals surface area contributed by atoms with Gasteiger partial charge in [0, 0.05) is 10.0 Å². The minimum absolute atomic E-state index is 0.0878. The topological polar surface area (TPSA) is 88.4 Å². The second kappa shape index (κ2) is 14.3. The summed E-state index contributed by atoms with van der Waals surface area (Å²) in [5, 5.41) is 0. The van der Waals surface area contributed by atoms with Crippen molar-refractivity contribution in [3.63, 3.8) is 0 Å². The molecule has 1 aromatic heterocycles. The summed E-state index contributed by atoms with van der Waals surface area (Å²) in [5.74, 6) is 0.678. The molecule has 45 heavy (non-hydrogen) atoms. The molecular weight excluding hydrogens is 893 g/mol. The van der Waals surface area contributed by atoms with Crippen LogP contribution in [-0.2, 0) is 16.1 Å². The second-order valence-corrected chi connectivity index (χ2v) is 13.9. The summed E-state index contributed by atoms with van der Waals surface area (Å²) in [7, 11) is 3.05. The zero-order valence-corrected chi connectivity index (χ0v) is 31.2. The summed E-state index contributed by atoms with van der Waals surface area (Å²) in [6.45, 7) is 3.71. The van der Waals surface area contributed by atoms with Crippen LogP contribution in [0.25, 0.3) is 6.08 Å². The summed E-state index contributed by atoms with van der Waals surface area (Å²) in [5.41, 5.74) is 2.24. The molecule has 0 saturated heterocycles. The van der Waals surface area contributed by atoms with Gasteiger partial charge in [0.15, 0.2) is 16.3 Å². The first kappa shape index (κ1) is 33.6. The van der Waals surface area contributed by atoms with Crippen LogP contribution in [0.15, 0.2) is 74.1 Å². The fourth-order valence-electron chi connectivity index (χ4n) is 4.88. The largest absolute Gasteiger partial charge is 0.493 e. The number of benzene rings is 3. The quantitative estimate of drug-likeness (QED) is 0.141. The molecule has 4 aromatic rings. The summed E-state index contributed by atoms with van der Waals surface area (Å²) >= 11 is 9.19. The number of esters is 1. The standard InChI is InChI=1S/C32H26BrFI2N2O6S/c1-5-43-31(40)27-16(2)37-32-38(28(27)19-13-24(41-3)25(42-4)14-20(19)33)30(39)26(45-32)12-17-10-22(35)29(23(36)11-17)44-15-18-8-6-7-9-21(18)34/h6-14,28H,5,15H2,1-4H3/b26-12-/t28-/m1/s1. The van der Waals surface area contributed by atoms with Gasteiger partial charge >= 0.3 is 5.97 Å². The Kier molecular flexibility index (Phi) is 10.7. The van der Waals surface area contributed by atoms with Gasteiger partial charge in [0.1, 0.15) is 18.2 Å². The van der Waals surface area contributed by atoms with Crippen LogP contribution in [0.4, 0.5) is 4.39 Å². The van der Waals surface area contributed by atoms with E-state index < -0.39 is 12.0 Å². The van der Waals surface area contributed by atoms with E-state index in [4.69, 9.17) is 18.9 Å². The molecule has 0 aliphatic carbocycles. The number of aromatic nitrogens is 1. The minimum Gasteiger partial charge on any atom is -0.493 e. The third-order valence-electron chi connectivity index (χ3n) is 6.96. The molecular formula is C32H26BrFI2N2O6S. The number of halogens is 4. The van der Waals surface area contributed by atoms with Gasteiger partial charge in [-0.1, -0.05) is 45.5 Å². The summed E-state index contributed by atoms with van der Waals surface area (Å²) in [6, 6.07) is 12.9. The molecule has 0 fully saturated rings. The Bertz CT molecular complexity index is 2000. The Morgan fingerprint density at radius 3 is 2.42 bits per heavy atom. The Morgan fingerprint density at radius 1 is 1.11 bits per heavy atom. The third-order valence-corrected chi connectivity index (χ3v) is 10.2. The van der Waals surface area contributed by atoms with E-state index >= 15 is 0 Å².